The first-order valence-electron chi connectivity index (χ1n) is 5.04. The second-order valence-electron chi connectivity index (χ2n) is 3.68. The average molecular weight is 224 g/mol. The van der Waals surface area contributed by atoms with Crippen LogP contribution in [0.3, 0.4) is 0 Å². The molecule has 2 aromatic heterocycles. The van der Waals surface area contributed by atoms with E-state index in [1.54, 1.807) is 24.5 Å². The minimum atomic E-state index is -0.460. The Balaban J connectivity index is 2.41. The summed E-state index contributed by atoms with van der Waals surface area (Å²) in [5.74, 6) is -0.460. The first-order valence-corrected chi connectivity index (χ1v) is 5.04. The summed E-state index contributed by atoms with van der Waals surface area (Å²) < 4.78 is 0. The lowest BCUT2D eigenvalue weighted by Crippen LogP contribution is -2.10. The molecule has 5 heteroatoms. The fourth-order valence-corrected chi connectivity index (χ4v) is 1.80. The second kappa shape index (κ2) is 3.48. The molecule has 1 amide bonds. The van der Waals surface area contributed by atoms with Gasteiger partial charge in [0.25, 0.3) is 0 Å². The van der Waals surface area contributed by atoms with Gasteiger partial charge in [-0.3, -0.25) is 9.78 Å². The number of carbonyl (C=O) groups is 1. The van der Waals surface area contributed by atoms with Gasteiger partial charge in [-0.2, -0.15) is 0 Å². The zero-order valence-electron chi connectivity index (χ0n) is 8.79. The van der Waals surface area contributed by atoms with Gasteiger partial charge < -0.3 is 5.73 Å². The van der Waals surface area contributed by atoms with Crippen molar-refractivity contribution in [1.29, 1.82) is 0 Å². The van der Waals surface area contributed by atoms with Gasteiger partial charge in [-0.15, -0.1) is 0 Å². The van der Waals surface area contributed by atoms with E-state index in [9.17, 15) is 4.79 Å². The molecule has 82 valence electrons. The van der Waals surface area contributed by atoms with Crippen LogP contribution in [0.5, 0.6) is 0 Å². The summed E-state index contributed by atoms with van der Waals surface area (Å²) in [5, 5.41) is 1.82. The number of carbonyl (C=O) groups excluding carboxylic acids is 1. The van der Waals surface area contributed by atoms with Crippen molar-refractivity contribution in [3.63, 3.8) is 0 Å². The highest BCUT2D eigenvalue weighted by atomic mass is 16.1. The van der Waals surface area contributed by atoms with Crippen molar-refractivity contribution in [2.24, 2.45) is 5.73 Å². The van der Waals surface area contributed by atoms with Crippen LogP contribution in [0.15, 0.2) is 36.9 Å². The third-order valence-electron chi connectivity index (χ3n) is 2.64. The van der Waals surface area contributed by atoms with E-state index in [0.29, 0.717) is 11.1 Å². The number of rotatable bonds is 1. The first-order chi connectivity index (χ1) is 8.25. The van der Waals surface area contributed by atoms with Crippen LogP contribution >= 0.6 is 0 Å². The maximum Gasteiger partial charge on any atom is 0.248 e. The van der Waals surface area contributed by atoms with E-state index >= 15 is 0 Å². The molecule has 2 heterocycles. The SMILES string of the molecule is NC(=O)c1ccc2c(c1)ncc1ncncc12. The van der Waals surface area contributed by atoms with Crippen molar-refractivity contribution in [3.8, 4) is 0 Å². The predicted molar refractivity (Wildman–Crippen MR) is 63.4 cm³/mol. The Morgan fingerprint density at radius 1 is 1.06 bits per heavy atom. The van der Waals surface area contributed by atoms with Gasteiger partial charge in [0.2, 0.25) is 5.91 Å². The number of nitrogens with two attached hydrogens (primary N) is 1. The highest BCUT2D eigenvalue weighted by Gasteiger charge is 2.06. The quantitative estimate of drug-likeness (QED) is 0.631. The van der Waals surface area contributed by atoms with Gasteiger partial charge in [0.05, 0.1) is 17.2 Å². The molecular weight excluding hydrogens is 216 g/mol. The van der Waals surface area contributed by atoms with Crippen LogP contribution in [0.4, 0.5) is 0 Å². The highest BCUT2D eigenvalue weighted by Crippen LogP contribution is 2.21. The first kappa shape index (κ1) is 9.65. The zero-order chi connectivity index (χ0) is 11.8. The van der Waals surface area contributed by atoms with E-state index in [-0.39, 0.29) is 0 Å². The van der Waals surface area contributed by atoms with Gasteiger partial charge in [-0.25, -0.2) is 9.97 Å². The lowest BCUT2D eigenvalue weighted by atomic mass is 10.1. The molecule has 2 N–H and O–H groups in total. The number of hydrogen-bond acceptors (Lipinski definition) is 4. The molecule has 0 aliphatic carbocycles. The number of benzene rings is 1. The molecule has 0 saturated carbocycles. The third-order valence-corrected chi connectivity index (χ3v) is 2.64. The van der Waals surface area contributed by atoms with Gasteiger partial charge in [0.1, 0.15) is 6.33 Å². The summed E-state index contributed by atoms with van der Waals surface area (Å²) in [6.07, 6.45) is 4.87. The maximum absolute atomic E-state index is 11.1. The summed E-state index contributed by atoms with van der Waals surface area (Å²) in [6, 6.07) is 5.16. The topological polar surface area (TPSA) is 81.8 Å². The molecule has 0 atom stereocenters. The van der Waals surface area contributed by atoms with Crippen LogP contribution in [0.25, 0.3) is 21.8 Å². The summed E-state index contributed by atoms with van der Waals surface area (Å²) in [7, 11) is 0. The largest absolute Gasteiger partial charge is 0.366 e. The highest BCUT2D eigenvalue weighted by molar-refractivity contribution is 6.06. The normalized spacial score (nSPS) is 10.8. The smallest absolute Gasteiger partial charge is 0.248 e. The molecule has 5 nitrogen and oxygen atoms in total. The molecule has 0 aliphatic rings. The van der Waals surface area contributed by atoms with Crippen LogP contribution < -0.4 is 5.73 Å². The predicted octanol–water partition coefficient (Wildman–Crippen LogP) is 1.28. The number of amides is 1. The van der Waals surface area contributed by atoms with Crippen LogP contribution in [-0.4, -0.2) is 20.9 Å². The third kappa shape index (κ3) is 1.48. The van der Waals surface area contributed by atoms with Crippen LogP contribution in [0.2, 0.25) is 0 Å². The molecule has 17 heavy (non-hydrogen) atoms. The fraction of sp³-hybridized carbons (Fsp3) is 0. The Morgan fingerprint density at radius 3 is 2.76 bits per heavy atom. The molecule has 1 aromatic carbocycles. The van der Waals surface area contributed by atoms with Crippen LogP contribution in [0.1, 0.15) is 10.4 Å². The van der Waals surface area contributed by atoms with E-state index in [0.717, 1.165) is 16.3 Å². The number of primary amides is 1. The molecule has 0 unspecified atom stereocenters. The Morgan fingerprint density at radius 2 is 1.94 bits per heavy atom. The number of nitrogens with zero attached hydrogens (tertiary/aromatic N) is 3. The lowest BCUT2D eigenvalue weighted by molar-refractivity contribution is 0.100. The van der Waals surface area contributed by atoms with Crippen molar-refractivity contribution in [2.75, 3.05) is 0 Å². The Bertz CT molecular complexity index is 739. The van der Waals surface area contributed by atoms with E-state index in [4.69, 9.17) is 5.73 Å². The van der Waals surface area contributed by atoms with Crippen molar-refractivity contribution < 1.29 is 4.79 Å². The molecule has 0 spiro atoms. The zero-order valence-corrected chi connectivity index (χ0v) is 8.79. The minimum absolute atomic E-state index is 0.446. The van der Waals surface area contributed by atoms with Gasteiger partial charge in [-0.1, -0.05) is 6.07 Å². The van der Waals surface area contributed by atoms with E-state index in [1.165, 1.54) is 6.33 Å². The Kier molecular flexibility index (Phi) is 1.98. The number of hydrogen-bond donors (Lipinski definition) is 1. The molecule has 3 aromatic rings. The van der Waals surface area contributed by atoms with E-state index < -0.39 is 5.91 Å². The molecule has 3 rings (SSSR count). The van der Waals surface area contributed by atoms with Gasteiger partial charge in [-0.05, 0) is 12.1 Å². The van der Waals surface area contributed by atoms with Crippen LogP contribution in [-0.2, 0) is 0 Å². The summed E-state index contributed by atoms with van der Waals surface area (Å²) in [4.78, 5) is 23.4. The monoisotopic (exact) mass is 224 g/mol. The number of fused-ring (bicyclic) bond motifs is 3. The molecule has 0 aliphatic heterocycles. The van der Waals surface area contributed by atoms with E-state index in [2.05, 4.69) is 15.0 Å². The van der Waals surface area contributed by atoms with Gasteiger partial charge in [0, 0.05) is 22.5 Å². The Hall–Kier alpha value is -2.56. The van der Waals surface area contributed by atoms with Crippen molar-refractivity contribution in [1.82, 2.24) is 15.0 Å². The van der Waals surface area contributed by atoms with Crippen molar-refractivity contribution in [3.05, 3.63) is 42.5 Å². The standard InChI is InChI=1S/C12H8N4O/c13-12(17)7-1-2-8-9-4-14-6-16-11(9)5-15-10(8)3-7/h1-6H,(H2,13,17). The maximum atomic E-state index is 11.1. The molecule has 0 fully saturated rings. The van der Waals surface area contributed by atoms with Gasteiger partial charge >= 0.3 is 0 Å². The average Bonchev–Trinajstić information content (AvgIpc) is 2.38. The lowest BCUT2D eigenvalue weighted by Gasteiger charge is -2.02. The molecule has 0 saturated heterocycles. The fourth-order valence-electron chi connectivity index (χ4n) is 1.80. The Labute approximate surface area is 96.3 Å². The minimum Gasteiger partial charge on any atom is -0.366 e. The van der Waals surface area contributed by atoms with Crippen LogP contribution in [0, 0.1) is 0 Å². The van der Waals surface area contributed by atoms with E-state index in [1.807, 2.05) is 6.07 Å². The summed E-state index contributed by atoms with van der Waals surface area (Å²) >= 11 is 0. The van der Waals surface area contributed by atoms with Gasteiger partial charge in [0.15, 0.2) is 0 Å². The summed E-state index contributed by atoms with van der Waals surface area (Å²) in [6.45, 7) is 0. The molecule has 0 radical (unpaired) electrons. The molecule has 0 bridgehead atoms. The second-order valence-corrected chi connectivity index (χ2v) is 3.68. The number of aromatic nitrogens is 3. The number of pyridine rings is 1. The van der Waals surface area contributed by atoms with Crippen molar-refractivity contribution in [2.45, 2.75) is 0 Å². The molecular formula is C12H8N4O. The summed E-state index contributed by atoms with van der Waals surface area (Å²) in [5.41, 5.74) is 7.16. The van der Waals surface area contributed by atoms with Crippen molar-refractivity contribution >= 4 is 27.7 Å².